The summed E-state index contributed by atoms with van der Waals surface area (Å²) >= 11 is 0. The van der Waals surface area contributed by atoms with E-state index in [1.54, 1.807) is 0 Å². The third-order valence-corrected chi connectivity index (χ3v) is 2.89. The topological polar surface area (TPSA) is 58.7 Å². The van der Waals surface area contributed by atoms with Gasteiger partial charge in [0, 0.05) is 25.7 Å². The van der Waals surface area contributed by atoms with Crippen molar-refractivity contribution in [3.8, 4) is 5.75 Å². The summed E-state index contributed by atoms with van der Waals surface area (Å²) in [6.07, 6.45) is 0.797. The Morgan fingerprint density at radius 1 is 1.28 bits per heavy atom. The van der Waals surface area contributed by atoms with E-state index in [9.17, 15) is 0 Å². The van der Waals surface area contributed by atoms with E-state index in [0.29, 0.717) is 18.3 Å². The molecule has 1 aromatic carbocycles. The number of anilines is 1. The number of ether oxygens (including phenoxy) is 1. The van der Waals surface area contributed by atoms with Gasteiger partial charge in [-0.25, -0.2) is 0 Å². The Labute approximate surface area is 109 Å². The molecule has 3 N–H and O–H groups in total. The lowest BCUT2D eigenvalue weighted by atomic mass is 10.3. The number of benzene rings is 1. The molecule has 1 rings (SSSR count). The lowest BCUT2D eigenvalue weighted by molar-refractivity contribution is 0.160. The maximum Gasteiger partial charge on any atom is 0.142 e. The van der Waals surface area contributed by atoms with Crippen LogP contribution in [0.4, 0.5) is 5.69 Å². The zero-order valence-electron chi connectivity index (χ0n) is 11.3. The number of hydrogen-bond acceptors (Lipinski definition) is 4. The summed E-state index contributed by atoms with van der Waals surface area (Å²) < 4.78 is 5.67. The number of para-hydroxylation sites is 2. The van der Waals surface area contributed by atoms with Crippen LogP contribution in [0, 0.1) is 0 Å². The Kier molecular flexibility index (Phi) is 6.54. The molecule has 0 spiro atoms. The van der Waals surface area contributed by atoms with Crippen molar-refractivity contribution in [3.05, 3.63) is 24.3 Å². The smallest absolute Gasteiger partial charge is 0.142 e. The third kappa shape index (κ3) is 4.94. The molecule has 0 unspecified atom stereocenters. The Bertz CT molecular complexity index is 342. The first-order chi connectivity index (χ1) is 8.65. The second-order valence-electron chi connectivity index (χ2n) is 4.59. The van der Waals surface area contributed by atoms with Crippen molar-refractivity contribution >= 4 is 5.69 Å². The Hall–Kier alpha value is -1.26. The number of nitrogens with zero attached hydrogens (tertiary/aromatic N) is 1. The molecule has 0 aliphatic rings. The predicted molar refractivity (Wildman–Crippen MR) is 74.8 cm³/mol. The quantitative estimate of drug-likeness (QED) is 0.692. The first-order valence-electron chi connectivity index (χ1n) is 6.47. The van der Waals surface area contributed by atoms with Gasteiger partial charge in [-0.2, -0.15) is 0 Å². The summed E-state index contributed by atoms with van der Waals surface area (Å²) in [6.45, 7) is 6.86. The van der Waals surface area contributed by atoms with Gasteiger partial charge in [-0.1, -0.05) is 12.1 Å². The van der Waals surface area contributed by atoms with Gasteiger partial charge in [0.1, 0.15) is 12.4 Å². The Morgan fingerprint density at radius 3 is 2.61 bits per heavy atom. The van der Waals surface area contributed by atoms with Crippen molar-refractivity contribution in [1.29, 1.82) is 0 Å². The van der Waals surface area contributed by atoms with Crippen molar-refractivity contribution in [2.24, 2.45) is 0 Å². The SMILES string of the molecule is CC(C)N(CCCO)CCOc1ccccc1N. The molecular weight excluding hydrogens is 228 g/mol. The zero-order valence-corrected chi connectivity index (χ0v) is 11.3. The van der Waals surface area contributed by atoms with E-state index in [2.05, 4.69) is 18.7 Å². The molecule has 0 aromatic heterocycles. The van der Waals surface area contributed by atoms with E-state index in [1.807, 2.05) is 24.3 Å². The van der Waals surface area contributed by atoms with Crippen molar-refractivity contribution in [3.63, 3.8) is 0 Å². The summed E-state index contributed by atoms with van der Waals surface area (Å²) in [7, 11) is 0. The van der Waals surface area contributed by atoms with Crippen molar-refractivity contribution in [2.75, 3.05) is 32.0 Å². The Morgan fingerprint density at radius 2 is 2.00 bits per heavy atom. The molecule has 4 nitrogen and oxygen atoms in total. The molecule has 0 amide bonds. The highest BCUT2D eigenvalue weighted by Gasteiger charge is 2.09. The van der Waals surface area contributed by atoms with Crippen molar-refractivity contribution in [2.45, 2.75) is 26.3 Å². The molecule has 0 aliphatic heterocycles. The monoisotopic (exact) mass is 252 g/mol. The molecule has 18 heavy (non-hydrogen) atoms. The number of nitrogen functional groups attached to an aromatic ring is 1. The second kappa shape index (κ2) is 7.95. The average molecular weight is 252 g/mol. The van der Waals surface area contributed by atoms with Crippen LogP contribution in [0.1, 0.15) is 20.3 Å². The van der Waals surface area contributed by atoms with Crippen molar-refractivity contribution in [1.82, 2.24) is 4.90 Å². The molecule has 0 bridgehead atoms. The fourth-order valence-electron chi connectivity index (χ4n) is 1.79. The third-order valence-electron chi connectivity index (χ3n) is 2.89. The van der Waals surface area contributed by atoms with Crippen molar-refractivity contribution < 1.29 is 9.84 Å². The van der Waals surface area contributed by atoms with Gasteiger partial charge in [-0.05, 0) is 32.4 Å². The summed E-state index contributed by atoms with van der Waals surface area (Å²) in [4.78, 5) is 2.29. The second-order valence-corrected chi connectivity index (χ2v) is 4.59. The molecule has 4 heteroatoms. The van der Waals surface area contributed by atoms with E-state index >= 15 is 0 Å². The Balaban J connectivity index is 2.36. The van der Waals surface area contributed by atoms with Crippen LogP contribution < -0.4 is 10.5 Å². The summed E-state index contributed by atoms with van der Waals surface area (Å²) in [5, 5.41) is 8.86. The lowest BCUT2D eigenvalue weighted by Crippen LogP contribution is -2.35. The van der Waals surface area contributed by atoms with Gasteiger partial charge in [0.2, 0.25) is 0 Å². The minimum Gasteiger partial charge on any atom is -0.490 e. The minimum absolute atomic E-state index is 0.232. The van der Waals surface area contributed by atoms with Crippen LogP contribution in [0.3, 0.4) is 0 Å². The van der Waals surface area contributed by atoms with Crippen LogP contribution in [-0.4, -0.2) is 42.4 Å². The minimum atomic E-state index is 0.232. The number of aliphatic hydroxyl groups excluding tert-OH is 1. The van der Waals surface area contributed by atoms with Crippen LogP contribution in [0.2, 0.25) is 0 Å². The van der Waals surface area contributed by atoms with E-state index < -0.39 is 0 Å². The number of aliphatic hydroxyl groups is 1. The van der Waals surface area contributed by atoms with E-state index in [0.717, 1.165) is 25.3 Å². The largest absolute Gasteiger partial charge is 0.490 e. The van der Waals surface area contributed by atoms with E-state index in [1.165, 1.54) is 0 Å². The van der Waals surface area contributed by atoms with Gasteiger partial charge in [-0.15, -0.1) is 0 Å². The van der Waals surface area contributed by atoms with Gasteiger partial charge in [-0.3, -0.25) is 4.90 Å². The molecule has 0 aliphatic carbocycles. The van der Waals surface area contributed by atoms with Crippen LogP contribution in [0.5, 0.6) is 5.75 Å². The van der Waals surface area contributed by atoms with Gasteiger partial charge in [0.05, 0.1) is 5.69 Å². The maximum absolute atomic E-state index is 8.86. The highest BCUT2D eigenvalue weighted by molar-refractivity contribution is 5.51. The van der Waals surface area contributed by atoms with Crippen LogP contribution in [0.25, 0.3) is 0 Å². The molecule has 0 saturated carbocycles. The molecule has 0 heterocycles. The number of rotatable bonds is 8. The molecule has 0 saturated heterocycles. The fraction of sp³-hybridized carbons (Fsp3) is 0.571. The first-order valence-corrected chi connectivity index (χ1v) is 6.47. The van der Waals surface area contributed by atoms with Gasteiger partial charge >= 0.3 is 0 Å². The molecule has 1 aromatic rings. The lowest BCUT2D eigenvalue weighted by Gasteiger charge is -2.26. The average Bonchev–Trinajstić information content (AvgIpc) is 2.35. The molecule has 0 atom stereocenters. The zero-order chi connectivity index (χ0) is 13.4. The highest BCUT2D eigenvalue weighted by atomic mass is 16.5. The molecule has 102 valence electrons. The standard InChI is InChI=1S/C14H24N2O2/c1-12(2)16(8-5-10-17)9-11-18-14-7-4-3-6-13(14)15/h3-4,6-7,12,17H,5,8-11,15H2,1-2H3. The van der Waals surface area contributed by atoms with Gasteiger partial charge in [0.25, 0.3) is 0 Å². The normalized spacial score (nSPS) is 11.2. The summed E-state index contributed by atoms with van der Waals surface area (Å²) in [5.74, 6) is 0.739. The maximum atomic E-state index is 8.86. The van der Waals surface area contributed by atoms with Crippen LogP contribution in [-0.2, 0) is 0 Å². The fourth-order valence-corrected chi connectivity index (χ4v) is 1.79. The summed E-state index contributed by atoms with van der Waals surface area (Å²) in [5.41, 5.74) is 6.48. The van der Waals surface area contributed by atoms with Crippen LogP contribution in [0.15, 0.2) is 24.3 Å². The predicted octanol–water partition coefficient (Wildman–Crippen LogP) is 1.74. The van der Waals surface area contributed by atoms with Gasteiger partial charge in [0.15, 0.2) is 0 Å². The molecule has 0 fully saturated rings. The summed E-state index contributed by atoms with van der Waals surface area (Å²) in [6, 6.07) is 7.97. The number of hydrogen-bond donors (Lipinski definition) is 2. The molecular formula is C14H24N2O2. The van der Waals surface area contributed by atoms with E-state index in [4.69, 9.17) is 15.6 Å². The van der Waals surface area contributed by atoms with E-state index in [-0.39, 0.29) is 6.61 Å². The molecule has 0 radical (unpaired) electrons. The first kappa shape index (κ1) is 14.8. The van der Waals surface area contributed by atoms with Crippen LogP contribution >= 0.6 is 0 Å². The van der Waals surface area contributed by atoms with Gasteiger partial charge < -0.3 is 15.6 Å². The number of nitrogens with two attached hydrogens (primary N) is 1. The highest BCUT2D eigenvalue weighted by Crippen LogP contribution is 2.19.